The second kappa shape index (κ2) is 8.48. The van der Waals surface area contributed by atoms with E-state index in [9.17, 15) is 9.59 Å². The number of anilines is 1. The number of ketones is 1. The number of H-pyrrole nitrogens is 1. The highest BCUT2D eigenvalue weighted by molar-refractivity contribution is 6.24. The van der Waals surface area contributed by atoms with E-state index in [1.54, 1.807) is 7.05 Å². The summed E-state index contributed by atoms with van der Waals surface area (Å²) in [5.41, 5.74) is 11.3. The minimum absolute atomic E-state index is 0.319. The Labute approximate surface area is 191 Å². The molecular formula is C27H24N4O2. The standard InChI is InChI=1S/C27H24N4O2/c1-31-23-14-8-6-12-20(23)24(17-9-3-2-4-10-17)30-25(27(31)33)26(32)21(28)15-18-16-29-22-13-7-5-11-19(18)22/h2-14,16,21,25,29H,15,28H2,1H3/t21-,25-/m0/s1. The van der Waals surface area contributed by atoms with E-state index >= 15 is 0 Å². The summed E-state index contributed by atoms with van der Waals surface area (Å²) >= 11 is 0. The Hall–Kier alpha value is -4.03. The first-order chi connectivity index (χ1) is 16.0. The lowest BCUT2D eigenvalue weighted by molar-refractivity contribution is -0.129. The molecule has 2 atom stereocenters. The van der Waals surface area contributed by atoms with Crippen molar-refractivity contribution in [1.29, 1.82) is 0 Å². The van der Waals surface area contributed by atoms with Crippen LogP contribution in [-0.4, -0.2) is 41.5 Å². The molecule has 0 fully saturated rings. The van der Waals surface area contributed by atoms with Gasteiger partial charge in [-0.15, -0.1) is 0 Å². The van der Waals surface area contributed by atoms with E-state index in [4.69, 9.17) is 10.7 Å². The van der Waals surface area contributed by atoms with Crippen molar-refractivity contribution in [2.45, 2.75) is 18.5 Å². The van der Waals surface area contributed by atoms with E-state index in [0.29, 0.717) is 17.8 Å². The second-order valence-corrected chi connectivity index (χ2v) is 8.23. The molecule has 0 unspecified atom stereocenters. The van der Waals surface area contributed by atoms with E-state index < -0.39 is 17.9 Å². The van der Waals surface area contributed by atoms with E-state index in [1.165, 1.54) is 4.90 Å². The minimum atomic E-state index is -1.21. The maximum Gasteiger partial charge on any atom is 0.259 e. The zero-order chi connectivity index (χ0) is 22.9. The maximum atomic E-state index is 13.5. The molecule has 164 valence electrons. The molecule has 2 heterocycles. The van der Waals surface area contributed by atoms with Crippen LogP contribution in [0.15, 0.2) is 90.1 Å². The average Bonchev–Trinajstić information content (AvgIpc) is 3.22. The van der Waals surface area contributed by atoms with Crippen molar-refractivity contribution in [2.75, 3.05) is 11.9 Å². The first-order valence-corrected chi connectivity index (χ1v) is 10.9. The van der Waals surface area contributed by atoms with Crippen LogP contribution in [-0.2, 0) is 16.0 Å². The first-order valence-electron chi connectivity index (χ1n) is 10.9. The molecule has 3 aromatic carbocycles. The van der Waals surface area contributed by atoms with Gasteiger partial charge in [0, 0.05) is 35.3 Å². The number of carbonyl (C=O) groups is 2. The number of benzene rings is 3. The van der Waals surface area contributed by atoms with E-state index in [0.717, 1.165) is 27.6 Å². The van der Waals surface area contributed by atoms with Gasteiger partial charge in [-0.05, 0) is 24.1 Å². The smallest absolute Gasteiger partial charge is 0.259 e. The predicted molar refractivity (Wildman–Crippen MR) is 131 cm³/mol. The van der Waals surface area contributed by atoms with Crippen molar-refractivity contribution in [3.05, 3.63) is 102 Å². The van der Waals surface area contributed by atoms with Gasteiger partial charge in [-0.25, -0.2) is 0 Å². The molecule has 3 N–H and O–H groups in total. The summed E-state index contributed by atoms with van der Waals surface area (Å²) in [6.45, 7) is 0. The van der Waals surface area contributed by atoms with Gasteiger partial charge >= 0.3 is 0 Å². The summed E-state index contributed by atoms with van der Waals surface area (Å²) in [7, 11) is 1.68. The van der Waals surface area contributed by atoms with Gasteiger partial charge < -0.3 is 15.6 Å². The summed E-state index contributed by atoms with van der Waals surface area (Å²) < 4.78 is 0. The van der Waals surface area contributed by atoms with Crippen molar-refractivity contribution < 1.29 is 9.59 Å². The zero-order valence-electron chi connectivity index (χ0n) is 18.2. The molecule has 0 spiro atoms. The molecule has 0 aliphatic carbocycles. The van der Waals surface area contributed by atoms with Crippen LogP contribution in [0.3, 0.4) is 0 Å². The monoisotopic (exact) mass is 436 g/mol. The van der Waals surface area contributed by atoms with Gasteiger partial charge in [0.1, 0.15) is 0 Å². The number of fused-ring (bicyclic) bond motifs is 2. The van der Waals surface area contributed by atoms with E-state index in [1.807, 2.05) is 85.1 Å². The number of aromatic nitrogens is 1. The normalized spacial score (nSPS) is 16.8. The summed E-state index contributed by atoms with van der Waals surface area (Å²) in [5, 5.41) is 1.02. The number of hydrogen-bond donors (Lipinski definition) is 2. The third-order valence-electron chi connectivity index (χ3n) is 6.14. The fourth-order valence-electron chi connectivity index (χ4n) is 4.37. The van der Waals surface area contributed by atoms with E-state index in [2.05, 4.69) is 4.98 Å². The number of carbonyl (C=O) groups excluding carboxylic acids is 2. The zero-order valence-corrected chi connectivity index (χ0v) is 18.2. The minimum Gasteiger partial charge on any atom is -0.361 e. The number of Topliss-reactive ketones (excluding diaryl/α,β-unsaturated/α-hetero) is 1. The molecule has 1 amide bonds. The summed E-state index contributed by atoms with van der Waals surface area (Å²) in [6.07, 6.45) is 2.19. The number of aromatic amines is 1. The summed E-state index contributed by atoms with van der Waals surface area (Å²) in [5.74, 6) is -0.772. The number of para-hydroxylation sites is 2. The predicted octanol–water partition coefficient (Wildman–Crippen LogP) is 3.49. The Morgan fingerprint density at radius 1 is 1.03 bits per heavy atom. The lowest BCUT2D eigenvalue weighted by atomic mass is 9.97. The molecule has 6 heteroatoms. The number of benzodiazepines with no additional fused rings is 1. The second-order valence-electron chi connectivity index (χ2n) is 8.23. The fourth-order valence-corrected chi connectivity index (χ4v) is 4.37. The molecule has 1 aliphatic rings. The molecular weight excluding hydrogens is 412 g/mol. The number of amides is 1. The van der Waals surface area contributed by atoms with Crippen LogP contribution in [0, 0.1) is 0 Å². The summed E-state index contributed by atoms with van der Waals surface area (Å²) in [4.78, 5) is 36.3. The number of aliphatic imine (C=N–C) groups is 1. The highest BCUT2D eigenvalue weighted by Crippen LogP contribution is 2.28. The Balaban J connectivity index is 1.53. The molecule has 33 heavy (non-hydrogen) atoms. The molecule has 1 aliphatic heterocycles. The maximum absolute atomic E-state index is 13.5. The average molecular weight is 437 g/mol. The Bertz CT molecular complexity index is 1370. The van der Waals surface area contributed by atoms with E-state index in [-0.39, 0.29) is 5.91 Å². The molecule has 0 radical (unpaired) electrons. The first kappa shape index (κ1) is 20.8. The molecule has 0 bridgehead atoms. The fraction of sp³-hybridized carbons (Fsp3) is 0.148. The van der Waals surface area contributed by atoms with Crippen LogP contribution >= 0.6 is 0 Å². The van der Waals surface area contributed by atoms with Crippen molar-refractivity contribution in [2.24, 2.45) is 10.7 Å². The van der Waals surface area contributed by atoms with Crippen molar-refractivity contribution in [3.8, 4) is 0 Å². The van der Waals surface area contributed by atoms with Crippen LogP contribution in [0.4, 0.5) is 5.69 Å². The third kappa shape index (κ3) is 3.75. The highest BCUT2D eigenvalue weighted by atomic mass is 16.2. The molecule has 6 nitrogen and oxygen atoms in total. The van der Waals surface area contributed by atoms with Crippen LogP contribution in [0.5, 0.6) is 0 Å². The lowest BCUT2D eigenvalue weighted by Gasteiger charge is -2.21. The van der Waals surface area contributed by atoms with Gasteiger partial charge in [0.05, 0.1) is 17.4 Å². The van der Waals surface area contributed by atoms with Gasteiger partial charge in [0.15, 0.2) is 11.8 Å². The number of nitrogens with one attached hydrogen (secondary N) is 1. The van der Waals surface area contributed by atoms with Gasteiger partial charge in [0.2, 0.25) is 0 Å². The van der Waals surface area contributed by atoms with Gasteiger partial charge in [-0.2, -0.15) is 0 Å². The number of hydrogen-bond acceptors (Lipinski definition) is 4. The largest absolute Gasteiger partial charge is 0.361 e. The number of nitrogens with zero attached hydrogens (tertiary/aromatic N) is 2. The molecule has 1 aromatic heterocycles. The van der Waals surface area contributed by atoms with Gasteiger partial charge in [-0.3, -0.25) is 14.6 Å². The van der Waals surface area contributed by atoms with Crippen LogP contribution in [0.1, 0.15) is 16.7 Å². The van der Waals surface area contributed by atoms with Crippen molar-refractivity contribution in [3.63, 3.8) is 0 Å². The molecule has 4 aromatic rings. The SMILES string of the molecule is CN1C(=O)[C@H](C(=O)[C@@H](N)Cc2c[nH]c3ccccc23)N=C(c2ccccc2)c2ccccc21. The van der Waals surface area contributed by atoms with Crippen LogP contribution in [0.25, 0.3) is 10.9 Å². The molecule has 0 saturated carbocycles. The van der Waals surface area contributed by atoms with Crippen LogP contribution < -0.4 is 10.6 Å². The van der Waals surface area contributed by atoms with Crippen LogP contribution in [0.2, 0.25) is 0 Å². The molecule has 5 rings (SSSR count). The number of nitrogens with two attached hydrogens (primary N) is 1. The third-order valence-corrected chi connectivity index (χ3v) is 6.14. The number of rotatable bonds is 5. The Morgan fingerprint density at radius 2 is 1.73 bits per heavy atom. The summed E-state index contributed by atoms with van der Waals surface area (Å²) in [6, 6.07) is 23.0. The lowest BCUT2D eigenvalue weighted by Crippen LogP contribution is -2.47. The van der Waals surface area contributed by atoms with Gasteiger partial charge in [0.25, 0.3) is 5.91 Å². The molecule has 0 saturated heterocycles. The van der Waals surface area contributed by atoms with Crippen molar-refractivity contribution in [1.82, 2.24) is 4.98 Å². The van der Waals surface area contributed by atoms with Crippen molar-refractivity contribution >= 4 is 34.0 Å². The number of likely N-dealkylation sites (N-methyl/N-ethyl adjacent to an activating group) is 1. The Kier molecular flexibility index (Phi) is 5.36. The highest BCUT2D eigenvalue weighted by Gasteiger charge is 2.37. The quantitative estimate of drug-likeness (QED) is 0.469. The topological polar surface area (TPSA) is 91.5 Å². The Morgan fingerprint density at radius 3 is 2.55 bits per heavy atom. The van der Waals surface area contributed by atoms with Gasteiger partial charge in [-0.1, -0.05) is 66.7 Å².